The summed E-state index contributed by atoms with van der Waals surface area (Å²) in [5, 5.41) is 0. The molecule has 0 unspecified atom stereocenters. The van der Waals surface area contributed by atoms with Crippen LogP contribution in [-0.4, -0.2) is 5.71 Å². The average Bonchev–Trinajstić information content (AvgIpc) is 2.53. The summed E-state index contributed by atoms with van der Waals surface area (Å²) in [5.41, 5.74) is -1.98. The van der Waals surface area contributed by atoms with Crippen molar-refractivity contribution < 1.29 is 26.3 Å². The molecule has 0 saturated carbocycles. The highest BCUT2D eigenvalue weighted by molar-refractivity contribution is 5.99. The zero-order valence-corrected chi connectivity index (χ0v) is 13.4. The maximum Gasteiger partial charge on any atom is 0.416 e. The van der Waals surface area contributed by atoms with Crippen LogP contribution in [0.25, 0.3) is 0 Å². The summed E-state index contributed by atoms with van der Waals surface area (Å²) in [6.07, 6.45) is -9.75. The zero-order chi connectivity index (χ0) is 18.8. The molecular weight excluding hydrogens is 344 g/mol. The summed E-state index contributed by atoms with van der Waals surface area (Å²) in [6, 6.07) is 10.0. The van der Waals surface area contributed by atoms with Gasteiger partial charge in [0, 0.05) is 5.71 Å². The van der Waals surface area contributed by atoms with E-state index in [2.05, 4.69) is 4.99 Å². The Bertz CT molecular complexity index is 727. The Labute approximate surface area is 141 Å². The highest BCUT2D eigenvalue weighted by Crippen LogP contribution is 2.36. The molecule has 1 atom stereocenters. The predicted molar refractivity (Wildman–Crippen MR) is 83.5 cm³/mol. The minimum absolute atomic E-state index is 0.105. The molecule has 0 saturated heterocycles. The predicted octanol–water partition coefficient (Wildman–Crippen LogP) is 6.29. The van der Waals surface area contributed by atoms with E-state index in [1.54, 1.807) is 37.3 Å². The van der Waals surface area contributed by atoms with E-state index in [0.29, 0.717) is 12.1 Å². The highest BCUT2D eigenvalue weighted by Gasteiger charge is 2.37. The van der Waals surface area contributed by atoms with Crippen molar-refractivity contribution in [3.63, 3.8) is 0 Å². The largest absolute Gasteiger partial charge is 0.416 e. The Morgan fingerprint density at radius 3 is 1.76 bits per heavy atom. The van der Waals surface area contributed by atoms with Crippen LogP contribution in [0.2, 0.25) is 0 Å². The van der Waals surface area contributed by atoms with Gasteiger partial charge in [-0.2, -0.15) is 26.3 Å². The number of benzene rings is 2. The zero-order valence-electron chi connectivity index (χ0n) is 13.4. The Morgan fingerprint density at radius 1 is 0.840 bits per heavy atom. The van der Waals surface area contributed by atoms with E-state index in [-0.39, 0.29) is 17.3 Å². The first kappa shape index (κ1) is 19.0. The Kier molecular flexibility index (Phi) is 5.25. The first-order chi connectivity index (χ1) is 11.5. The van der Waals surface area contributed by atoms with Crippen molar-refractivity contribution in [2.75, 3.05) is 0 Å². The van der Waals surface area contributed by atoms with Crippen LogP contribution in [-0.2, 0) is 12.4 Å². The summed E-state index contributed by atoms with van der Waals surface area (Å²) < 4.78 is 77.5. The molecule has 2 aromatic rings. The summed E-state index contributed by atoms with van der Waals surface area (Å²) in [7, 11) is 0. The van der Waals surface area contributed by atoms with E-state index in [1.807, 2.05) is 0 Å². The van der Waals surface area contributed by atoms with E-state index < -0.39 is 29.5 Å². The van der Waals surface area contributed by atoms with Crippen molar-refractivity contribution in [3.05, 3.63) is 70.8 Å². The number of rotatable bonds is 3. The van der Waals surface area contributed by atoms with Gasteiger partial charge in [-0.3, -0.25) is 4.99 Å². The van der Waals surface area contributed by atoms with Crippen molar-refractivity contribution in [1.82, 2.24) is 0 Å². The van der Waals surface area contributed by atoms with Gasteiger partial charge in [-0.25, -0.2) is 0 Å². The summed E-state index contributed by atoms with van der Waals surface area (Å²) in [6.45, 7) is 3.12. The van der Waals surface area contributed by atoms with Crippen molar-refractivity contribution in [2.45, 2.75) is 32.2 Å². The molecular formula is C18H15F6N. The van der Waals surface area contributed by atoms with Crippen LogP contribution in [0.4, 0.5) is 26.3 Å². The average molecular weight is 359 g/mol. The van der Waals surface area contributed by atoms with Crippen LogP contribution in [0.15, 0.2) is 53.5 Å². The lowest BCUT2D eigenvalue weighted by atomic mass is 10.0. The molecule has 25 heavy (non-hydrogen) atoms. The number of aliphatic imine (C=N–C) groups is 1. The molecule has 0 heterocycles. The maximum absolute atomic E-state index is 12.9. The number of hydrogen-bond donors (Lipinski definition) is 0. The molecule has 0 fully saturated rings. The van der Waals surface area contributed by atoms with Crippen LogP contribution in [0.3, 0.4) is 0 Å². The van der Waals surface area contributed by atoms with Gasteiger partial charge in [0.15, 0.2) is 0 Å². The summed E-state index contributed by atoms with van der Waals surface area (Å²) in [5.74, 6) is 0. The third-order valence-electron chi connectivity index (χ3n) is 3.67. The quantitative estimate of drug-likeness (QED) is 0.451. The van der Waals surface area contributed by atoms with E-state index >= 15 is 0 Å². The molecule has 2 rings (SSSR count). The fraction of sp³-hybridized carbons (Fsp3) is 0.278. The van der Waals surface area contributed by atoms with Crippen LogP contribution >= 0.6 is 0 Å². The lowest BCUT2D eigenvalue weighted by Crippen LogP contribution is -2.13. The van der Waals surface area contributed by atoms with E-state index in [0.717, 1.165) is 5.56 Å². The van der Waals surface area contributed by atoms with Gasteiger partial charge in [-0.05, 0) is 43.2 Å². The van der Waals surface area contributed by atoms with E-state index in [1.165, 1.54) is 6.92 Å². The van der Waals surface area contributed by atoms with Crippen molar-refractivity contribution >= 4 is 5.71 Å². The normalized spacial score (nSPS) is 14.5. The topological polar surface area (TPSA) is 12.4 Å². The molecule has 134 valence electrons. The fourth-order valence-electron chi connectivity index (χ4n) is 2.33. The Morgan fingerprint density at radius 2 is 1.32 bits per heavy atom. The molecule has 0 aromatic heterocycles. The van der Waals surface area contributed by atoms with Gasteiger partial charge in [0.05, 0.1) is 17.2 Å². The summed E-state index contributed by atoms with van der Waals surface area (Å²) >= 11 is 0. The second kappa shape index (κ2) is 6.90. The van der Waals surface area contributed by atoms with Gasteiger partial charge in [0.25, 0.3) is 0 Å². The van der Waals surface area contributed by atoms with Gasteiger partial charge in [0.1, 0.15) is 0 Å². The summed E-state index contributed by atoms with van der Waals surface area (Å²) in [4.78, 5) is 4.25. The van der Waals surface area contributed by atoms with E-state index in [4.69, 9.17) is 0 Å². The third kappa shape index (κ3) is 4.84. The lowest BCUT2D eigenvalue weighted by Gasteiger charge is -2.15. The number of nitrogens with zero attached hydrogens (tertiary/aromatic N) is 1. The number of alkyl halides is 6. The molecule has 0 N–H and O–H groups in total. The Balaban J connectivity index is 2.48. The highest BCUT2D eigenvalue weighted by atomic mass is 19.4. The minimum Gasteiger partial charge on any atom is -0.282 e. The van der Waals surface area contributed by atoms with Crippen LogP contribution in [0, 0.1) is 0 Å². The van der Waals surface area contributed by atoms with Gasteiger partial charge in [0.2, 0.25) is 0 Å². The fourth-order valence-corrected chi connectivity index (χ4v) is 2.33. The molecule has 2 aromatic carbocycles. The first-order valence-corrected chi connectivity index (χ1v) is 7.37. The maximum atomic E-state index is 12.9. The standard InChI is InChI=1S/C18H15F6N/c1-11(13-6-4-3-5-7-13)25-12(2)14-8-15(17(19,20)21)10-16(9-14)18(22,23)24/h3-11H,1-2H3/b25-12+/t11-/m1/s1. The molecule has 0 aliphatic heterocycles. The minimum atomic E-state index is -4.87. The van der Waals surface area contributed by atoms with Gasteiger partial charge in [-0.1, -0.05) is 30.3 Å². The molecule has 0 aliphatic carbocycles. The molecule has 0 amide bonds. The van der Waals surface area contributed by atoms with Crippen molar-refractivity contribution in [2.24, 2.45) is 4.99 Å². The van der Waals surface area contributed by atoms with Gasteiger partial charge in [-0.15, -0.1) is 0 Å². The molecule has 0 spiro atoms. The SMILES string of the molecule is C/C(=N\[C@H](C)c1ccccc1)c1cc(C(F)(F)F)cc(C(F)(F)F)c1. The van der Waals surface area contributed by atoms with Crippen molar-refractivity contribution in [1.29, 1.82) is 0 Å². The molecule has 0 aliphatic rings. The monoisotopic (exact) mass is 359 g/mol. The number of halogens is 6. The Hall–Kier alpha value is -2.31. The molecule has 0 bridgehead atoms. The second-order valence-corrected chi connectivity index (χ2v) is 5.60. The number of hydrogen-bond acceptors (Lipinski definition) is 1. The third-order valence-corrected chi connectivity index (χ3v) is 3.67. The van der Waals surface area contributed by atoms with Gasteiger partial charge < -0.3 is 0 Å². The van der Waals surface area contributed by atoms with Gasteiger partial charge >= 0.3 is 12.4 Å². The molecule has 1 nitrogen and oxygen atoms in total. The second-order valence-electron chi connectivity index (χ2n) is 5.60. The van der Waals surface area contributed by atoms with E-state index in [9.17, 15) is 26.3 Å². The van der Waals surface area contributed by atoms with Crippen LogP contribution in [0.1, 0.15) is 42.1 Å². The van der Waals surface area contributed by atoms with Crippen LogP contribution in [0.5, 0.6) is 0 Å². The smallest absolute Gasteiger partial charge is 0.282 e. The first-order valence-electron chi connectivity index (χ1n) is 7.37. The van der Waals surface area contributed by atoms with Crippen molar-refractivity contribution in [3.8, 4) is 0 Å². The van der Waals surface area contributed by atoms with Crippen LogP contribution < -0.4 is 0 Å². The molecule has 7 heteroatoms. The lowest BCUT2D eigenvalue weighted by molar-refractivity contribution is -0.143. The molecule has 0 radical (unpaired) electrons.